The summed E-state index contributed by atoms with van der Waals surface area (Å²) in [5.74, 6) is 1.92. The van der Waals surface area contributed by atoms with E-state index in [4.69, 9.17) is 4.42 Å². The molecule has 2 rings (SSSR count). The topological polar surface area (TPSA) is 57.0 Å². The molecule has 0 bridgehead atoms. The Kier molecular flexibility index (Phi) is 5.01. The molecule has 0 N–H and O–H groups in total. The van der Waals surface area contributed by atoms with Crippen LogP contribution in [0.2, 0.25) is 0 Å². The molecule has 0 radical (unpaired) electrons. The Morgan fingerprint density at radius 3 is 2.33 bits per heavy atom. The average molecular weight is 293 g/mol. The maximum absolute atomic E-state index is 12.2. The Morgan fingerprint density at radius 1 is 1.19 bits per heavy atom. The van der Waals surface area contributed by atoms with Gasteiger partial charge in [-0.15, -0.1) is 0 Å². The number of likely N-dealkylation sites (N-methyl/N-ethyl adjacent to an activating group) is 1. The Hall–Kier alpha value is -1.82. The van der Waals surface area contributed by atoms with E-state index in [0.29, 0.717) is 39.3 Å². The lowest BCUT2D eigenvalue weighted by molar-refractivity contribution is -0.139. The van der Waals surface area contributed by atoms with E-state index in [1.165, 1.54) is 0 Å². The zero-order valence-electron chi connectivity index (χ0n) is 13.0. The van der Waals surface area contributed by atoms with Crippen molar-refractivity contribution in [3.05, 3.63) is 23.7 Å². The van der Waals surface area contributed by atoms with Crippen LogP contribution in [-0.4, -0.2) is 66.3 Å². The van der Waals surface area contributed by atoms with Crippen LogP contribution in [0.4, 0.5) is 0 Å². The number of piperazine rings is 1. The quantitative estimate of drug-likeness (QED) is 0.820. The highest BCUT2D eigenvalue weighted by Crippen LogP contribution is 2.09. The maximum atomic E-state index is 12.2. The van der Waals surface area contributed by atoms with Gasteiger partial charge in [0.05, 0.1) is 13.1 Å². The van der Waals surface area contributed by atoms with Gasteiger partial charge in [-0.25, -0.2) is 0 Å². The normalized spacial score (nSPS) is 15.6. The molecule has 0 atom stereocenters. The lowest BCUT2D eigenvalue weighted by Gasteiger charge is -2.35. The highest BCUT2D eigenvalue weighted by molar-refractivity contribution is 5.79. The van der Waals surface area contributed by atoms with Crippen LogP contribution >= 0.6 is 0 Å². The van der Waals surface area contributed by atoms with Crippen LogP contribution in [0.25, 0.3) is 0 Å². The van der Waals surface area contributed by atoms with Crippen LogP contribution in [-0.2, 0) is 16.1 Å². The molecular formula is C15H23N3O3. The third-order valence-electron chi connectivity index (χ3n) is 3.70. The first-order chi connectivity index (χ1) is 9.95. The van der Waals surface area contributed by atoms with Gasteiger partial charge in [0, 0.05) is 33.1 Å². The number of furan rings is 1. The van der Waals surface area contributed by atoms with Crippen LogP contribution < -0.4 is 0 Å². The van der Waals surface area contributed by atoms with Gasteiger partial charge in [0.15, 0.2) is 0 Å². The average Bonchev–Trinajstić information content (AvgIpc) is 2.83. The molecule has 0 unspecified atom stereocenters. The summed E-state index contributed by atoms with van der Waals surface area (Å²) in [5, 5.41) is 0. The summed E-state index contributed by atoms with van der Waals surface area (Å²) in [6, 6.07) is 3.86. The second-order valence-electron chi connectivity index (χ2n) is 5.57. The van der Waals surface area contributed by atoms with Crippen molar-refractivity contribution in [1.82, 2.24) is 14.7 Å². The zero-order valence-corrected chi connectivity index (χ0v) is 13.0. The number of amides is 2. The Balaban J connectivity index is 1.77. The Morgan fingerprint density at radius 2 is 1.81 bits per heavy atom. The molecule has 1 fully saturated rings. The molecular weight excluding hydrogens is 270 g/mol. The molecule has 2 amide bonds. The minimum Gasteiger partial charge on any atom is -0.465 e. The number of carbonyl (C=O) groups is 2. The number of aryl methyl sites for hydroxylation is 1. The maximum Gasteiger partial charge on any atom is 0.236 e. The van der Waals surface area contributed by atoms with Crippen molar-refractivity contribution >= 4 is 11.8 Å². The van der Waals surface area contributed by atoms with Crippen molar-refractivity contribution in [3.8, 4) is 0 Å². The second-order valence-corrected chi connectivity index (χ2v) is 5.57. The van der Waals surface area contributed by atoms with Crippen molar-refractivity contribution < 1.29 is 14.0 Å². The number of rotatable bonds is 4. The van der Waals surface area contributed by atoms with Gasteiger partial charge in [-0.3, -0.25) is 14.5 Å². The Bertz CT molecular complexity index is 504. The molecule has 1 aliphatic rings. The van der Waals surface area contributed by atoms with Crippen molar-refractivity contribution in [1.29, 1.82) is 0 Å². The number of hydrogen-bond acceptors (Lipinski definition) is 4. The first-order valence-corrected chi connectivity index (χ1v) is 7.23. The fourth-order valence-corrected chi connectivity index (χ4v) is 2.49. The van der Waals surface area contributed by atoms with Crippen molar-refractivity contribution in [2.45, 2.75) is 20.4 Å². The molecule has 0 saturated carbocycles. The lowest BCUT2D eigenvalue weighted by Crippen LogP contribution is -2.51. The molecule has 21 heavy (non-hydrogen) atoms. The van der Waals surface area contributed by atoms with Gasteiger partial charge in [0.25, 0.3) is 0 Å². The molecule has 1 aliphatic heterocycles. The third-order valence-corrected chi connectivity index (χ3v) is 3.70. The monoisotopic (exact) mass is 293 g/mol. The van der Waals surface area contributed by atoms with Gasteiger partial charge in [-0.1, -0.05) is 0 Å². The summed E-state index contributed by atoms with van der Waals surface area (Å²) in [7, 11) is 1.90. The highest BCUT2D eigenvalue weighted by atomic mass is 16.3. The van der Waals surface area contributed by atoms with Crippen LogP contribution in [0, 0.1) is 6.92 Å². The van der Waals surface area contributed by atoms with Gasteiger partial charge in [-0.05, 0) is 26.1 Å². The summed E-state index contributed by atoms with van der Waals surface area (Å²) in [6.07, 6.45) is 0. The molecule has 0 spiro atoms. The van der Waals surface area contributed by atoms with E-state index in [1.54, 1.807) is 11.8 Å². The van der Waals surface area contributed by atoms with Gasteiger partial charge in [0.2, 0.25) is 11.8 Å². The predicted octanol–water partition coefficient (Wildman–Crippen LogP) is 0.711. The fraction of sp³-hybridized carbons (Fsp3) is 0.600. The van der Waals surface area contributed by atoms with Crippen LogP contribution in [0.15, 0.2) is 16.5 Å². The molecule has 116 valence electrons. The standard InChI is InChI=1S/C15H23N3O3/c1-12-4-5-14(21-12)10-16(3)11-15(20)18-8-6-17(7-9-18)13(2)19/h4-5H,6-11H2,1-3H3. The summed E-state index contributed by atoms with van der Waals surface area (Å²) in [5.41, 5.74) is 0. The fourth-order valence-electron chi connectivity index (χ4n) is 2.49. The first-order valence-electron chi connectivity index (χ1n) is 7.23. The molecule has 0 aliphatic carbocycles. The van der Waals surface area contributed by atoms with Crippen molar-refractivity contribution in [2.75, 3.05) is 39.8 Å². The van der Waals surface area contributed by atoms with E-state index in [9.17, 15) is 9.59 Å². The minimum absolute atomic E-state index is 0.0763. The highest BCUT2D eigenvalue weighted by Gasteiger charge is 2.23. The Labute approximate surface area is 125 Å². The van der Waals surface area contributed by atoms with Crippen LogP contribution in [0.5, 0.6) is 0 Å². The van der Waals surface area contributed by atoms with E-state index < -0.39 is 0 Å². The molecule has 1 aromatic rings. The van der Waals surface area contributed by atoms with Gasteiger partial charge in [0.1, 0.15) is 11.5 Å². The molecule has 1 aromatic heterocycles. The van der Waals surface area contributed by atoms with Crippen molar-refractivity contribution in [3.63, 3.8) is 0 Å². The number of carbonyl (C=O) groups excluding carboxylic acids is 2. The molecule has 2 heterocycles. The van der Waals surface area contributed by atoms with Gasteiger partial charge >= 0.3 is 0 Å². The smallest absolute Gasteiger partial charge is 0.236 e. The van der Waals surface area contributed by atoms with Crippen LogP contribution in [0.1, 0.15) is 18.4 Å². The largest absolute Gasteiger partial charge is 0.465 e. The van der Waals surface area contributed by atoms with E-state index in [0.717, 1.165) is 11.5 Å². The number of hydrogen-bond donors (Lipinski definition) is 0. The minimum atomic E-state index is 0.0763. The van der Waals surface area contributed by atoms with E-state index in [1.807, 2.05) is 35.9 Å². The zero-order chi connectivity index (χ0) is 15.4. The summed E-state index contributed by atoms with van der Waals surface area (Å²) < 4.78 is 5.51. The third kappa shape index (κ3) is 4.32. The molecule has 1 saturated heterocycles. The van der Waals surface area contributed by atoms with E-state index in [2.05, 4.69) is 0 Å². The van der Waals surface area contributed by atoms with Crippen LogP contribution in [0.3, 0.4) is 0 Å². The molecule has 6 heteroatoms. The SMILES string of the molecule is CC(=O)N1CCN(C(=O)CN(C)Cc2ccc(C)o2)CC1. The molecule has 6 nitrogen and oxygen atoms in total. The van der Waals surface area contributed by atoms with E-state index >= 15 is 0 Å². The number of nitrogens with zero attached hydrogens (tertiary/aromatic N) is 3. The van der Waals surface area contributed by atoms with Gasteiger partial charge in [-0.2, -0.15) is 0 Å². The van der Waals surface area contributed by atoms with E-state index in [-0.39, 0.29) is 11.8 Å². The van der Waals surface area contributed by atoms with Crippen molar-refractivity contribution in [2.24, 2.45) is 0 Å². The lowest BCUT2D eigenvalue weighted by atomic mass is 10.3. The summed E-state index contributed by atoms with van der Waals surface area (Å²) in [6.45, 7) is 6.94. The molecule has 0 aromatic carbocycles. The first kappa shape index (κ1) is 15.6. The predicted molar refractivity (Wildman–Crippen MR) is 78.6 cm³/mol. The second kappa shape index (κ2) is 6.76. The summed E-state index contributed by atoms with van der Waals surface area (Å²) in [4.78, 5) is 29.0. The summed E-state index contributed by atoms with van der Waals surface area (Å²) >= 11 is 0. The van der Waals surface area contributed by atoms with Gasteiger partial charge < -0.3 is 14.2 Å².